The summed E-state index contributed by atoms with van der Waals surface area (Å²) in [6, 6.07) is 1.57. The molecule has 8 nitrogen and oxygen atoms in total. The van der Waals surface area contributed by atoms with Gasteiger partial charge in [-0.05, 0) is 25.8 Å². The van der Waals surface area contributed by atoms with Gasteiger partial charge in [0.15, 0.2) is 0 Å². The predicted molar refractivity (Wildman–Crippen MR) is 96.1 cm³/mol. The summed E-state index contributed by atoms with van der Waals surface area (Å²) in [5.41, 5.74) is 6.80. The predicted octanol–water partition coefficient (Wildman–Crippen LogP) is 1.57. The number of rotatable bonds is 5. The highest BCUT2D eigenvalue weighted by atomic mass is 16.5. The fourth-order valence-corrected chi connectivity index (χ4v) is 3.45. The first-order chi connectivity index (χ1) is 12.3. The SMILES string of the molecule is CCOC(=O)c1cc2c(N[C@@H]3CC[C@@H](O)C3(C)C)c(C(N)=O)cnn2c1. The molecule has 1 saturated carbocycles. The van der Waals surface area contributed by atoms with Crippen LogP contribution in [0.5, 0.6) is 0 Å². The molecule has 1 fully saturated rings. The third kappa shape index (κ3) is 3.01. The Bertz CT molecular complexity index is 858. The molecule has 2 atom stereocenters. The summed E-state index contributed by atoms with van der Waals surface area (Å²) in [5, 5.41) is 17.8. The van der Waals surface area contributed by atoms with E-state index in [1.54, 1.807) is 19.2 Å². The van der Waals surface area contributed by atoms with Gasteiger partial charge in [-0.25, -0.2) is 9.31 Å². The number of amides is 1. The number of aliphatic hydroxyl groups excluding tert-OH is 1. The quantitative estimate of drug-likeness (QED) is 0.697. The van der Waals surface area contributed by atoms with Crippen LogP contribution in [0.1, 0.15) is 54.3 Å². The number of primary amides is 1. The molecule has 1 amide bonds. The van der Waals surface area contributed by atoms with E-state index in [0.717, 1.165) is 6.42 Å². The standard InChI is InChI=1S/C18H24N4O4/c1-4-26-17(25)10-7-12-15(11(16(19)24)8-20-22(12)9-10)21-13-5-6-14(23)18(13,2)3/h7-9,13-14,21,23H,4-6H2,1-3H3,(H2,19,24)/t13-,14-/m1/s1. The maximum absolute atomic E-state index is 12.0. The molecule has 0 bridgehead atoms. The summed E-state index contributed by atoms with van der Waals surface area (Å²) in [6.45, 7) is 5.96. The second kappa shape index (κ2) is 6.60. The lowest BCUT2D eigenvalue weighted by molar-refractivity contribution is 0.0526. The molecule has 1 aliphatic rings. The number of fused-ring (bicyclic) bond motifs is 1. The van der Waals surface area contributed by atoms with Gasteiger partial charge in [0.2, 0.25) is 0 Å². The monoisotopic (exact) mass is 360 g/mol. The fraction of sp³-hybridized carbons (Fsp3) is 0.500. The number of hydrogen-bond donors (Lipinski definition) is 3. The molecule has 0 aliphatic heterocycles. The summed E-state index contributed by atoms with van der Waals surface area (Å²) < 4.78 is 6.54. The van der Waals surface area contributed by atoms with Crippen molar-refractivity contribution in [3.05, 3.63) is 29.6 Å². The normalized spacial score (nSPS) is 21.7. The number of hydrogen-bond acceptors (Lipinski definition) is 6. The summed E-state index contributed by atoms with van der Waals surface area (Å²) in [6.07, 6.45) is 3.93. The van der Waals surface area contributed by atoms with E-state index in [2.05, 4.69) is 10.4 Å². The van der Waals surface area contributed by atoms with Crippen molar-refractivity contribution in [2.45, 2.75) is 45.8 Å². The number of ether oxygens (including phenoxy) is 1. The number of carbonyl (C=O) groups excluding carboxylic acids is 2. The summed E-state index contributed by atoms with van der Waals surface area (Å²) in [5.74, 6) is -1.07. The van der Waals surface area contributed by atoms with Crippen LogP contribution in [0.3, 0.4) is 0 Å². The van der Waals surface area contributed by atoms with Gasteiger partial charge in [-0.15, -0.1) is 0 Å². The maximum Gasteiger partial charge on any atom is 0.339 e. The first kappa shape index (κ1) is 18.2. The lowest BCUT2D eigenvalue weighted by Crippen LogP contribution is -2.38. The molecule has 2 heterocycles. The molecule has 8 heteroatoms. The topological polar surface area (TPSA) is 119 Å². The van der Waals surface area contributed by atoms with Crippen LogP contribution in [0, 0.1) is 5.41 Å². The zero-order valence-corrected chi connectivity index (χ0v) is 15.2. The van der Waals surface area contributed by atoms with Crippen LogP contribution in [0.2, 0.25) is 0 Å². The first-order valence-electron chi connectivity index (χ1n) is 8.68. The van der Waals surface area contributed by atoms with Gasteiger partial charge >= 0.3 is 5.97 Å². The second-order valence-electron chi connectivity index (χ2n) is 7.19. The van der Waals surface area contributed by atoms with E-state index < -0.39 is 18.0 Å². The van der Waals surface area contributed by atoms with E-state index in [9.17, 15) is 14.7 Å². The highest BCUT2D eigenvalue weighted by Crippen LogP contribution is 2.40. The van der Waals surface area contributed by atoms with Gasteiger partial charge < -0.3 is 20.9 Å². The van der Waals surface area contributed by atoms with E-state index in [-0.39, 0.29) is 23.6 Å². The average molecular weight is 360 g/mol. The number of nitrogens with one attached hydrogen (secondary N) is 1. The van der Waals surface area contributed by atoms with Crippen molar-refractivity contribution in [3.63, 3.8) is 0 Å². The van der Waals surface area contributed by atoms with Crippen molar-refractivity contribution in [3.8, 4) is 0 Å². The Balaban J connectivity index is 2.07. The van der Waals surface area contributed by atoms with Crippen LogP contribution >= 0.6 is 0 Å². The van der Waals surface area contributed by atoms with Gasteiger partial charge in [0.1, 0.15) is 0 Å². The Morgan fingerprint density at radius 2 is 2.19 bits per heavy atom. The van der Waals surface area contributed by atoms with E-state index >= 15 is 0 Å². The molecular formula is C18H24N4O4. The number of aromatic nitrogens is 2. The van der Waals surface area contributed by atoms with Gasteiger partial charge in [0, 0.05) is 17.7 Å². The number of nitrogens with zero attached hydrogens (tertiary/aromatic N) is 2. The molecule has 0 aromatic carbocycles. The summed E-state index contributed by atoms with van der Waals surface area (Å²) in [4.78, 5) is 23.9. The largest absolute Gasteiger partial charge is 0.462 e. The number of carbonyl (C=O) groups is 2. The van der Waals surface area contributed by atoms with Crippen molar-refractivity contribution in [2.75, 3.05) is 11.9 Å². The molecule has 3 rings (SSSR count). The fourth-order valence-electron chi connectivity index (χ4n) is 3.45. The molecule has 0 unspecified atom stereocenters. The van der Waals surface area contributed by atoms with E-state index in [1.165, 1.54) is 10.7 Å². The third-order valence-corrected chi connectivity index (χ3v) is 5.22. The molecular weight excluding hydrogens is 336 g/mol. The zero-order valence-electron chi connectivity index (χ0n) is 15.2. The number of esters is 1. The van der Waals surface area contributed by atoms with Crippen LogP contribution in [-0.4, -0.2) is 45.3 Å². The van der Waals surface area contributed by atoms with Crippen molar-refractivity contribution >= 4 is 23.1 Å². The molecule has 0 spiro atoms. The van der Waals surface area contributed by atoms with Gasteiger partial charge in [0.05, 0.1) is 41.2 Å². The Kier molecular flexibility index (Phi) is 4.62. The highest BCUT2D eigenvalue weighted by Gasteiger charge is 2.42. The molecule has 4 N–H and O–H groups in total. The van der Waals surface area contributed by atoms with E-state index in [4.69, 9.17) is 10.5 Å². The minimum absolute atomic E-state index is 0.0530. The van der Waals surface area contributed by atoms with Gasteiger partial charge in [-0.1, -0.05) is 13.8 Å². The Labute approximate surface area is 151 Å². The van der Waals surface area contributed by atoms with Crippen LogP contribution in [0.4, 0.5) is 5.69 Å². The van der Waals surface area contributed by atoms with Crippen LogP contribution in [-0.2, 0) is 4.74 Å². The van der Waals surface area contributed by atoms with Crippen LogP contribution in [0.25, 0.3) is 5.52 Å². The molecule has 1 aliphatic carbocycles. The van der Waals surface area contributed by atoms with E-state index in [0.29, 0.717) is 23.2 Å². The number of anilines is 1. The Morgan fingerprint density at radius 3 is 2.77 bits per heavy atom. The van der Waals surface area contributed by atoms with Crippen molar-refractivity contribution in [1.82, 2.24) is 9.61 Å². The smallest absolute Gasteiger partial charge is 0.339 e. The first-order valence-corrected chi connectivity index (χ1v) is 8.68. The zero-order chi connectivity index (χ0) is 19.1. The molecule has 0 radical (unpaired) electrons. The Hall–Kier alpha value is -2.61. The van der Waals surface area contributed by atoms with Gasteiger partial charge in [0.25, 0.3) is 5.91 Å². The van der Waals surface area contributed by atoms with E-state index in [1.807, 2.05) is 13.8 Å². The van der Waals surface area contributed by atoms with Crippen LogP contribution in [0.15, 0.2) is 18.5 Å². The van der Waals surface area contributed by atoms with Crippen LogP contribution < -0.4 is 11.1 Å². The molecule has 2 aromatic heterocycles. The lowest BCUT2D eigenvalue weighted by Gasteiger charge is -2.32. The second-order valence-corrected chi connectivity index (χ2v) is 7.19. The molecule has 140 valence electrons. The number of nitrogens with two attached hydrogens (primary N) is 1. The van der Waals surface area contributed by atoms with Gasteiger partial charge in [-0.3, -0.25) is 4.79 Å². The minimum Gasteiger partial charge on any atom is -0.462 e. The summed E-state index contributed by atoms with van der Waals surface area (Å²) >= 11 is 0. The summed E-state index contributed by atoms with van der Waals surface area (Å²) in [7, 11) is 0. The van der Waals surface area contributed by atoms with Crippen molar-refractivity contribution in [1.29, 1.82) is 0 Å². The van der Waals surface area contributed by atoms with Crippen molar-refractivity contribution in [2.24, 2.45) is 11.1 Å². The molecule has 2 aromatic rings. The van der Waals surface area contributed by atoms with Crippen molar-refractivity contribution < 1.29 is 19.4 Å². The average Bonchev–Trinajstić information content (AvgIpc) is 3.11. The van der Waals surface area contributed by atoms with Gasteiger partial charge in [-0.2, -0.15) is 5.10 Å². The molecule has 26 heavy (non-hydrogen) atoms. The third-order valence-electron chi connectivity index (χ3n) is 5.22. The lowest BCUT2D eigenvalue weighted by atomic mass is 9.85. The minimum atomic E-state index is -0.613. The Morgan fingerprint density at radius 1 is 1.46 bits per heavy atom. The number of aliphatic hydroxyl groups is 1. The highest BCUT2D eigenvalue weighted by molar-refractivity contribution is 6.03. The maximum atomic E-state index is 12.0. The molecule has 0 saturated heterocycles.